The van der Waals surface area contributed by atoms with Gasteiger partial charge in [-0.2, -0.15) is 0 Å². The molecule has 0 saturated carbocycles. The predicted molar refractivity (Wildman–Crippen MR) is 88.1 cm³/mol. The van der Waals surface area contributed by atoms with Gasteiger partial charge in [0.15, 0.2) is 0 Å². The van der Waals surface area contributed by atoms with E-state index in [0.717, 1.165) is 0 Å². The van der Waals surface area contributed by atoms with E-state index in [0.29, 0.717) is 6.04 Å². The van der Waals surface area contributed by atoms with Crippen molar-refractivity contribution in [2.75, 3.05) is 20.1 Å². The van der Waals surface area contributed by atoms with Crippen LogP contribution in [0.3, 0.4) is 0 Å². The maximum atomic E-state index is 3.65. The highest BCUT2D eigenvalue weighted by Crippen LogP contribution is 2.30. The Balaban J connectivity index is 2.12. The van der Waals surface area contributed by atoms with Gasteiger partial charge in [0.25, 0.3) is 0 Å². The molecule has 0 aromatic rings. The summed E-state index contributed by atoms with van der Waals surface area (Å²) in [6.45, 7) is 7.45. The summed E-state index contributed by atoms with van der Waals surface area (Å²) in [7, 11) is 2.15. The van der Waals surface area contributed by atoms with Gasteiger partial charge in [-0.1, -0.05) is 30.9 Å². The number of hydrogen-bond donors (Lipinski definition) is 1. The van der Waals surface area contributed by atoms with Crippen LogP contribution in [-0.4, -0.2) is 36.6 Å². The molecule has 0 bridgehead atoms. The molecule has 1 aliphatic carbocycles. The molecule has 2 heteroatoms. The molecule has 0 aromatic heterocycles. The molecule has 1 unspecified atom stereocenters. The molecule has 1 heterocycles. The summed E-state index contributed by atoms with van der Waals surface area (Å²) in [5.74, 6) is 0. The SMILES string of the molecule is CNC(C1=CCCCCC1)C(C)(C)N1CCCCCC1. The van der Waals surface area contributed by atoms with Crippen LogP contribution in [0.5, 0.6) is 0 Å². The summed E-state index contributed by atoms with van der Waals surface area (Å²) in [5.41, 5.74) is 1.90. The summed E-state index contributed by atoms with van der Waals surface area (Å²) in [6.07, 6.45) is 14.8. The van der Waals surface area contributed by atoms with Gasteiger partial charge < -0.3 is 5.32 Å². The fourth-order valence-corrected chi connectivity index (χ4v) is 4.12. The lowest BCUT2D eigenvalue weighted by molar-refractivity contribution is 0.0974. The van der Waals surface area contributed by atoms with Gasteiger partial charge in [-0.05, 0) is 72.5 Å². The number of likely N-dealkylation sites (N-methyl/N-ethyl adjacent to an activating group) is 1. The van der Waals surface area contributed by atoms with Crippen molar-refractivity contribution in [3.8, 4) is 0 Å². The van der Waals surface area contributed by atoms with Crippen LogP contribution in [0.4, 0.5) is 0 Å². The first-order chi connectivity index (χ1) is 9.66. The summed E-state index contributed by atoms with van der Waals surface area (Å²) in [5, 5.41) is 3.65. The molecule has 0 spiro atoms. The third kappa shape index (κ3) is 3.85. The first kappa shape index (κ1) is 16.0. The highest BCUT2D eigenvalue weighted by Gasteiger charge is 2.36. The van der Waals surface area contributed by atoms with Gasteiger partial charge in [0.1, 0.15) is 0 Å². The van der Waals surface area contributed by atoms with Crippen molar-refractivity contribution in [2.45, 2.75) is 83.2 Å². The third-order valence-electron chi connectivity index (χ3n) is 5.36. The fourth-order valence-electron chi connectivity index (χ4n) is 4.12. The first-order valence-electron chi connectivity index (χ1n) is 8.77. The van der Waals surface area contributed by atoms with E-state index in [9.17, 15) is 0 Å². The first-order valence-corrected chi connectivity index (χ1v) is 8.77. The van der Waals surface area contributed by atoms with E-state index in [2.05, 4.69) is 37.2 Å². The minimum Gasteiger partial charge on any atom is -0.312 e. The molecule has 2 aliphatic rings. The molecular weight excluding hydrogens is 244 g/mol. The molecule has 20 heavy (non-hydrogen) atoms. The van der Waals surface area contributed by atoms with Gasteiger partial charge in [0.2, 0.25) is 0 Å². The second-order valence-corrected chi connectivity index (χ2v) is 7.15. The van der Waals surface area contributed by atoms with Gasteiger partial charge in [-0.25, -0.2) is 0 Å². The molecule has 1 N–H and O–H groups in total. The minimum atomic E-state index is 0.231. The zero-order valence-corrected chi connectivity index (χ0v) is 13.9. The fraction of sp³-hybridized carbons (Fsp3) is 0.889. The number of likely N-dealkylation sites (tertiary alicyclic amines) is 1. The summed E-state index contributed by atoms with van der Waals surface area (Å²) >= 11 is 0. The van der Waals surface area contributed by atoms with Crippen LogP contribution in [0.25, 0.3) is 0 Å². The maximum Gasteiger partial charge on any atom is 0.0458 e. The lowest BCUT2D eigenvalue weighted by Gasteiger charge is -2.45. The Morgan fingerprint density at radius 2 is 1.65 bits per heavy atom. The predicted octanol–water partition coefficient (Wildman–Crippen LogP) is 4.12. The molecule has 0 aromatic carbocycles. The number of nitrogens with zero attached hydrogens (tertiary/aromatic N) is 1. The van der Waals surface area contributed by atoms with Crippen molar-refractivity contribution in [3.63, 3.8) is 0 Å². The molecule has 1 saturated heterocycles. The Morgan fingerprint density at radius 3 is 2.30 bits per heavy atom. The highest BCUT2D eigenvalue weighted by molar-refractivity contribution is 5.19. The number of hydrogen-bond acceptors (Lipinski definition) is 2. The average Bonchev–Trinajstić information content (AvgIpc) is 2.84. The molecule has 1 fully saturated rings. The molecule has 1 atom stereocenters. The minimum absolute atomic E-state index is 0.231. The van der Waals surface area contributed by atoms with E-state index >= 15 is 0 Å². The van der Waals surface area contributed by atoms with Crippen molar-refractivity contribution < 1.29 is 0 Å². The Bertz CT molecular complexity index is 311. The van der Waals surface area contributed by atoms with Crippen LogP contribution in [0.1, 0.15) is 71.6 Å². The van der Waals surface area contributed by atoms with E-state index in [1.165, 1.54) is 70.9 Å². The standard InChI is InChI=1S/C18H34N2/c1-18(2,20-14-10-6-7-11-15-20)17(19-3)16-12-8-4-5-9-13-16/h12,17,19H,4-11,13-15H2,1-3H3. The smallest absolute Gasteiger partial charge is 0.0458 e. The molecular formula is C18H34N2. The quantitative estimate of drug-likeness (QED) is 0.778. The van der Waals surface area contributed by atoms with Crippen LogP contribution in [0.15, 0.2) is 11.6 Å². The van der Waals surface area contributed by atoms with Crippen LogP contribution in [0.2, 0.25) is 0 Å². The monoisotopic (exact) mass is 278 g/mol. The molecule has 0 radical (unpaired) electrons. The molecule has 2 nitrogen and oxygen atoms in total. The highest BCUT2D eigenvalue weighted by atomic mass is 15.2. The van der Waals surface area contributed by atoms with Crippen LogP contribution < -0.4 is 5.32 Å². The average molecular weight is 278 g/mol. The lowest BCUT2D eigenvalue weighted by Crippen LogP contribution is -2.58. The second-order valence-electron chi connectivity index (χ2n) is 7.15. The van der Waals surface area contributed by atoms with E-state index in [1.54, 1.807) is 5.57 Å². The third-order valence-corrected chi connectivity index (χ3v) is 5.36. The molecule has 2 rings (SSSR count). The summed E-state index contributed by atoms with van der Waals surface area (Å²) < 4.78 is 0. The number of allylic oxidation sites excluding steroid dienone is 1. The van der Waals surface area contributed by atoms with E-state index < -0.39 is 0 Å². The van der Waals surface area contributed by atoms with Crippen molar-refractivity contribution in [1.82, 2.24) is 10.2 Å². The Kier molecular flexibility index (Phi) is 6.10. The van der Waals surface area contributed by atoms with Gasteiger partial charge in [-0.15, -0.1) is 0 Å². The van der Waals surface area contributed by atoms with E-state index in [-0.39, 0.29) is 5.54 Å². The van der Waals surface area contributed by atoms with Crippen molar-refractivity contribution >= 4 is 0 Å². The van der Waals surface area contributed by atoms with Gasteiger partial charge >= 0.3 is 0 Å². The van der Waals surface area contributed by atoms with Crippen LogP contribution >= 0.6 is 0 Å². The van der Waals surface area contributed by atoms with E-state index in [1.807, 2.05) is 0 Å². The lowest BCUT2D eigenvalue weighted by atomic mass is 9.84. The topological polar surface area (TPSA) is 15.3 Å². The summed E-state index contributed by atoms with van der Waals surface area (Å²) in [4.78, 5) is 2.74. The van der Waals surface area contributed by atoms with Crippen molar-refractivity contribution in [2.24, 2.45) is 0 Å². The zero-order chi connectivity index (χ0) is 14.4. The second kappa shape index (κ2) is 7.61. The zero-order valence-electron chi connectivity index (χ0n) is 13.9. The largest absolute Gasteiger partial charge is 0.312 e. The van der Waals surface area contributed by atoms with Crippen LogP contribution in [-0.2, 0) is 0 Å². The molecule has 1 aliphatic heterocycles. The normalized spacial score (nSPS) is 24.6. The molecule has 116 valence electrons. The molecule has 0 amide bonds. The van der Waals surface area contributed by atoms with Crippen LogP contribution in [0, 0.1) is 0 Å². The maximum absolute atomic E-state index is 3.65. The number of rotatable bonds is 4. The van der Waals surface area contributed by atoms with Crippen molar-refractivity contribution in [3.05, 3.63) is 11.6 Å². The number of nitrogens with one attached hydrogen (secondary N) is 1. The Labute approximate surface area is 126 Å². The van der Waals surface area contributed by atoms with E-state index in [4.69, 9.17) is 0 Å². The summed E-state index contributed by atoms with van der Waals surface area (Å²) in [6, 6.07) is 0.513. The Hall–Kier alpha value is -0.340. The van der Waals surface area contributed by atoms with Gasteiger partial charge in [0, 0.05) is 11.6 Å². The Morgan fingerprint density at radius 1 is 1.00 bits per heavy atom. The van der Waals surface area contributed by atoms with Gasteiger partial charge in [-0.3, -0.25) is 4.90 Å². The van der Waals surface area contributed by atoms with Gasteiger partial charge in [0.05, 0.1) is 0 Å². The van der Waals surface area contributed by atoms with Crippen molar-refractivity contribution in [1.29, 1.82) is 0 Å².